The minimum absolute atomic E-state index is 0.0646. The predicted molar refractivity (Wildman–Crippen MR) is 161 cm³/mol. The van der Waals surface area contributed by atoms with E-state index in [1.807, 2.05) is 42.8 Å². The molecule has 0 unspecified atom stereocenters. The monoisotopic (exact) mass is 566 g/mol. The zero-order valence-electron chi connectivity index (χ0n) is 24.3. The molecule has 2 amide bonds. The van der Waals surface area contributed by atoms with Gasteiger partial charge < -0.3 is 23.9 Å². The molecule has 0 spiro atoms. The Kier molecular flexibility index (Phi) is 7.93. The van der Waals surface area contributed by atoms with Crippen LogP contribution in [0.3, 0.4) is 0 Å². The molecule has 0 aliphatic heterocycles. The third-order valence-electron chi connectivity index (χ3n) is 7.78. The van der Waals surface area contributed by atoms with Crippen molar-refractivity contribution in [2.75, 3.05) is 27.2 Å². The SMILES string of the molecule is CNC(=O)c1c(C)n(C)c2cc(Oc3ccnc4cc(C(=O)N(C)CCO[Si](C)(C)C(C)(C)C)sc34)ccc12. The average Bonchev–Trinajstić information content (AvgIpc) is 3.42. The molecule has 1 aromatic carbocycles. The highest BCUT2D eigenvalue weighted by atomic mass is 32.1. The second-order valence-corrected chi connectivity index (χ2v) is 17.2. The van der Waals surface area contributed by atoms with Crippen LogP contribution in [0.25, 0.3) is 21.1 Å². The van der Waals surface area contributed by atoms with Crippen molar-refractivity contribution in [3.8, 4) is 11.5 Å². The maximum absolute atomic E-state index is 13.2. The maximum atomic E-state index is 13.2. The van der Waals surface area contributed by atoms with E-state index in [0.29, 0.717) is 40.6 Å². The van der Waals surface area contributed by atoms with E-state index in [1.54, 1.807) is 31.3 Å². The number of fused-ring (bicyclic) bond motifs is 2. The van der Waals surface area contributed by atoms with E-state index < -0.39 is 8.32 Å². The molecule has 0 aliphatic rings. The van der Waals surface area contributed by atoms with Crippen molar-refractivity contribution in [1.29, 1.82) is 0 Å². The predicted octanol–water partition coefficient (Wildman–Crippen LogP) is 6.34. The second kappa shape index (κ2) is 10.7. The summed E-state index contributed by atoms with van der Waals surface area (Å²) >= 11 is 1.37. The summed E-state index contributed by atoms with van der Waals surface area (Å²) < 4.78 is 15.3. The molecule has 208 valence electrons. The molecule has 39 heavy (non-hydrogen) atoms. The molecule has 1 N–H and O–H groups in total. The van der Waals surface area contributed by atoms with Gasteiger partial charge in [-0.05, 0) is 43.3 Å². The first-order chi connectivity index (χ1) is 18.2. The number of nitrogens with zero attached hydrogens (tertiary/aromatic N) is 3. The van der Waals surface area contributed by atoms with Gasteiger partial charge in [0, 0.05) is 57.1 Å². The second-order valence-electron chi connectivity index (χ2n) is 11.3. The Morgan fingerprint density at radius 2 is 1.90 bits per heavy atom. The number of aromatic nitrogens is 2. The van der Waals surface area contributed by atoms with Gasteiger partial charge in [-0.3, -0.25) is 14.6 Å². The highest BCUT2D eigenvalue weighted by Gasteiger charge is 2.37. The number of hydrogen-bond donors (Lipinski definition) is 1. The van der Waals surface area contributed by atoms with E-state index in [4.69, 9.17) is 9.16 Å². The van der Waals surface area contributed by atoms with Gasteiger partial charge in [0.05, 0.1) is 32.8 Å². The van der Waals surface area contributed by atoms with Gasteiger partial charge in [-0.25, -0.2) is 0 Å². The van der Waals surface area contributed by atoms with E-state index in [0.717, 1.165) is 21.3 Å². The van der Waals surface area contributed by atoms with Crippen LogP contribution in [0.2, 0.25) is 18.1 Å². The number of likely N-dealkylation sites (N-methyl/N-ethyl adjacent to an activating group) is 1. The summed E-state index contributed by atoms with van der Waals surface area (Å²) in [5, 5.41) is 3.71. The number of pyridine rings is 1. The summed E-state index contributed by atoms with van der Waals surface area (Å²) in [5.41, 5.74) is 3.16. The normalized spacial score (nSPS) is 12.2. The number of thiophene rings is 1. The van der Waals surface area contributed by atoms with Crippen LogP contribution in [0.1, 0.15) is 46.5 Å². The highest BCUT2D eigenvalue weighted by Crippen LogP contribution is 2.38. The summed E-state index contributed by atoms with van der Waals surface area (Å²) in [6.45, 7) is 14.0. The standard InChI is InChI=1S/C29H38N4O4SSi/c1-18-25(27(34)30-5)20-11-10-19(16-22(20)33(18)7)37-23-12-13-31-21-17-24(38-26(21)23)28(35)32(6)14-15-36-39(8,9)29(2,3)4/h10-13,16-17H,14-15H2,1-9H3,(H,30,34). The van der Waals surface area contributed by atoms with Gasteiger partial charge in [-0.15, -0.1) is 11.3 Å². The fraction of sp³-hybridized carbons (Fsp3) is 0.414. The van der Waals surface area contributed by atoms with Crippen molar-refractivity contribution in [2.45, 2.75) is 45.8 Å². The summed E-state index contributed by atoms with van der Waals surface area (Å²) in [4.78, 5) is 32.4. The number of benzene rings is 1. The smallest absolute Gasteiger partial charge is 0.263 e. The Morgan fingerprint density at radius 3 is 2.56 bits per heavy atom. The molecule has 4 rings (SSSR count). The summed E-state index contributed by atoms with van der Waals surface area (Å²) in [7, 11) is 3.50. The molecular weight excluding hydrogens is 528 g/mol. The van der Waals surface area contributed by atoms with Gasteiger partial charge >= 0.3 is 0 Å². The fourth-order valence-corrected chi connectivity index (χ4v) is 6.28. The Balaban J connectivity index is 1.54. The summed E-state index contributed by atoms with van der Waals surface area (Å²) in [6.07, 6.45) is 1.68. The van der Waals surface area contributed by atoms with Crippen LogP contribution < -0.4 is 10.1 Å². The first-order valence-corrected chi connectivity index (χ1v) is 16.7. The quantitative estimate of drug-likeness (QED) is 0.252. The summed E-state index contributed by atoms with van der Waals surface area (Å²) in [6, 6.07) is 9.32. The van der Waals surface area contributed by atoms with Crippen LogP contribution in [0, 0.1) is 6.92 Å². The Bertz CT molecular complexity index is 1550. The zero-order chi connectivity index (χ0) is 28.7. The number of carbonyl (C=O) groups is 2. The number of ether oxygens (including phenoxy) is 1. The molecule has 0 fully saturated rings. The molecule has 4 aromatic rings. The lowest BCUT2D eigenvalue weighted by Crippen LogP contribution is -2.43. The largest absolute Gasteiger partial charge is 0.456 e. The van der Waals surface area contributed by atoms with Gasteiger partial charge in [0.25, 0.3) is 11.8 Å². The average molecular weight is 567 g/mol. The van der Waals surface area contributed by atoms with Crippen LogP contribution in [0.5, 0.6) is 11.5 Å². The van der Waals surface area contributed by atoms with Crippen LogP contribution in [0.15, 0.2) is 36.5 Å². The molecule has 10 heteroatoms. The van der Waals surface area contributed by atoms with Crippen LogP contribution in [0.4, 0.5) is 0 Å². The molecule has 0 saturated heterocycles. The zero-order valence-corrected chi connectivity index (χ0v) is 26.1. The topological polar surface area (TPSA) is 85.7 Å². The van der Waals surface area contributed by atoms with E-state index in [2.05, 4.69) is 44.2 Å². The van der Waals surface area contributed by atoms with E-state index in [-0.39, 0.29) is 16.9 Å². The first kappa shape index (κ1) is 28.8. The third-order valence-corrected chi connectivity index (χ3v) is 13.4. The molecule has 8 nitrogen and oxygen atoms in total. The van der Waals surface area contributed by atoms with Gasteiger partial charge in [-0.2, -0.15) is 0 Å². The number of carbonyl (C=O) groups excluding carboxylic acids is 2. The Labute approximate surface area is 235 Å². The van der Waals surface area contributed by atoms with Crippen molar-refractivity contribution >= 4 is 52.6 Å². The Hall–Kier alpha value is -3.21. The van der Waals surface area contributed by atoms with Crippen molar-refractivity contribution in [1.82, 2.24) is 19.8 Å². The number of hydrogen-bond acceptors (Lipinski definition) is 6. The minimum Gasteiger partial charge on any atom is -0.456 e. The van der Waals surface area contributed by atoms with Gasteiger partial charge in [0.2, 0.25) is 0 Å². The van der Waals surface area contributed by atoms with Gasteiger partial charge in [-0.1, -0.05) is 20.8 Å². The van der Waals surface area contributed by atoms with E-state index >= 15 is 0 Å². The van der Waals surface area contributed by atoms with Crippen molar-refractivity contribution in [2.24, 2.45) is 7.05 Å². The van der Waals surface area contributed by atoms with Crippen LogP contribution >= 0.6 is 11.3 Å². The highest BCUT2D eigenvalue weighted by molar-refractivity contribution is 7.21. The Morgan fingerprint density at radius 1 is 1.18 bits per heavy atom. The third kappa shape index (κ3) is 5.59. The van der Waals surface area contributed by atoms with Crippen LogP contribution in [-0.4, -0.2) is 61.8 Å². The lowest BCUT2D eigenvalue weighted by atomic mass is 10.1. The van der Waals surface area contributed by atoms with E-state index in [9.17, 15) is 9.59 Å². The fourth-order valence-electron chi connectivity index (χ4n) is 4.19. The molecule has 3 aromatic heterocycles. The van der Waals surface area contributed by atoms with Gasteiger partial charge in [0.15, 0.2) is 8.32 Å². The molecule has 0 saturated carbocycles. The molecule has 3 heterocycles. The number of aryl methyl sites for hydroxylation is 1. The van der Waals surface area contributed by atoms with Gasteiger partial charge in [0.1, 0.15) is 11.5 Å². The van der Waals surface area contributed by atoms with Crippen molar-refractivity contribution in [3.63, 3.8) is 0 Å². The van der Waals surface area contributed by atoms with Crippen LogP contribution in [-0.2, 0) is 11.5 Å². The first-order valence-electron chi connectivity index (χ1n) is 13.0. The number of rotatable bonds is 8. The van der Waals surface area contributed by atoms with Crippen molar-refractivity contribution < 1.29 is 18.8 Å². The molecular formula is C29H38N4O4SSi. The lowest BCUT2D eigenvalue weighted by Gasteiger charge is -2.36. The van der Waals surface area contributed by atoms with Crippen molar-refractivity contribution in [3.05, 3.63) is 52.7 Å². The number of amides is 2. The maximum Gasteiger partial charge on any atom is 0.263 e. The number of nitrogens with one attached hydrogen (secondary N) is 1. The minimum atomic E-state index is -1.87. The lowest BCUT2D eigenvalue weighted by molar-refractivity contribution is 0.0774. The molecule has 0 bridgehead atoms. The summed E-state index contributed by atoms with van der Waals surface area (Å²) in [5.74, 6) is 1.09. The van der Waals surface area contributed by atoms with E-state index in [1.165, 1.54) is 11.3 Å². The molecule has 0 atom stereocenters. The molecule has 0 aliphatic carbocycles. The molecule has 0 radical (unpaired) electrons.